The number of halogens is 4. The third-order valence-corrected chi connectivity index (χ3v) is 12.4. The Labute approximate surface area is 380 Å². The van der Waals surface area contributed by atoms with Crippen LogP contribution >= 0.6 is 0 Å². The Kier molecular flexibility index (Phi) is 24.8. The van der Waals surface area contributed by atoms with E-state index in [-0.39, 0.29) is 44.9 Å². The molecule has 9 heteroatoms. The molecule has 0 saturated heterocycles. The van der Waals surface area contributed by atoms with E-state index >= 15 is 0 Å². The number of amides is 2. The summed E-state index contributed by atoms with van der Waals surface area (Å²) in [4.78, 5) is 29.8. The average molecular weight is 879 g/mol. The second-order valence-electron chi connectivity index (χ2n) is 17.1. The Balaban J connectivity index is 0.000000335. The molecule has 4 aromatic carbocycles. The summed E-state index contributed by atoms with van der Waals surface area (Å²) < 4.78 is 55.4. The van der Waals surface area contributed by atoms with Gasteiger partial charge in [-0.15, -0.1) is 36.4 Å². The molecule has 2 atom stereocenters. The number of hydrogen-bond donors (Lipinski definition) is 0. The Morgan fingerprint density at radius 2 is 0.918 bits per heavy atom. The molecule has 0 N–H and O–H groups in total. The smallest absolute Gasteiger partial charge is 0.363 e. The largest absolute Gasteiger partial charge is 4.00 e. The summed E-state index contributed by atoms with van der Waals surface area (Å²) in [6.07, 6.45) is 16.0. The Morgan fingerprint density at radius 3 is 1.16 bits per heavy atom. The summed E-state index contributed by atoms with van der Waals surface area (Å²) in [7, 11) is 0. The molecule has 2 amide bonds. The summed E-state index contributed by atoms with van der Waals surface area (Å²) in [5.41, 5.74) is -0.727. The molecule has 2 saturated carbocycles. The van der Waals surface area contributed by atoms with E-state index in [4.69, 9.17) is 0 Å². The molecule has 4 nitrogen and oxygen atoms in total. The summed E-state index contributed by atoms with van der Waals surface area (Å²) in [6, 6.07) is 29.3. The predicted octanol–water partition coefficient (Wildman–Crippen LogP) is 14.6. The maximum absolute atomic E-state index is 14.4. The number of rotatable bonds is 14. The molecule has 2 aliphatic carbocycles. The molecule has 4 aromatic rings. The van der Waals surface area contributed by atoms with Crippen molar-refractivity contribution in [2.45, 2.75) is 144 Å². The summed E-state index contributed by atoms with van der Waals surface area (Å²) in [6.45, 7) is 13.0. The predicted molar refractivity (Wildman–Crippen MR) is 239 cm³/mol. The fourth-order valence-electron chi connectivity index (χ4n) is 8.39. The van der Waals surface area contributed by atoms with Crippen molar-refractivity contribution in [1.29, 1.82) is 0 Å². The number of carbonyl (C=O) groups excluding carboxylic acids is 2. The third kappa shape index (κ3) is 17.3. The van der Waals surface area contributed by atoms with E-state index in [1.807, 2.05) is 88.4 Å². The molecule has 2 aliphatic rings. The number of hydrogen-bond acceptors (Lipinski definition) is 2. The third-order valence-electron chi connectivity index (χ3n) is 12.4. The van der Waals surface area contributed by atoms with E-state index in [2.05, 4.69) is 26.0 Å². The Hall–Kier alpha value is -3.49. The summed E-state index contributed by atoms with van der Waals surface area (Å²) in [5, 5.41) is 0. The summed E-state index contributed by atoms with van der Waals surface area (Å²) >= 11 is 0. The minimum absolute atomic E-state index is 0. The first-order valence-electron chi connectivity index (χ1n) is 22.5. The molecule has 0 bridgehead atoms. The molecule has 61 heavy (non-hydrogen) atoms. The minimum Gasteiger partial charge on any atom is -0.363 e. The van der Waals surface area contributed by atoms with E-state index in [1.54, 1.807) is 9.80 Å². The minimum atomic E-state index is -0.779. The monoisotopic (exact) mass is 878 g/mol. The van der Waals surface area contributed by atoms with Crippen molar-refractivity contribution in [3.05, 3.63) is 120 Å². The van der Waals surface area contributed by atoms with Gasteiger partial charge < -0.3 is 9.80 Å². The molecule has 0 radical (unpaired) electrons. The Morgan fingerprint density at radius 1 is 0.590 bits per heavy atom. The van der Waals surface area contributed by atoms with Crippen molar-refractivity contribution in [1.82, 2.24) is 0 Å². The van der Waals surface area contributed by atoms with Crippen LogP contribution in [0.4, 0.5) is 28.9 Å². The van der Waals surface area contributed by atoms with Crippen LogP contribution < -0.4 is 9.80 Å². The maximum atomic E-state index is 14.4. The molecule has 0 heterocycles. The van der Waals surface area contributed by atoms with Crippen LogP contribution in [0.25, 0.3) is 0 Å². The van der Waals surface area contributed by atoms with Crippen LogP contribution in [-0.2, 0) is 31.3 Å². The van der Waals surface area contributed by atoms with Crippen molar-refractivity contribution >= 4 is 23.2 Å². The molecule has 2 fully saturated rings. The first-order chi connectivity index (χ1) is 28.8. The first-order valence-corrected chi connectivity index (χ1v) is 22.5. The number of benzene rings is 2. The first kappa shape index (κ1) is 53.6. The van der Waals surface area contributed by atoms with E-state index in [0.717, 1.165) is 77.0 Å². The Bertz CT molecular complexity index is 1610. The van der Waals surface area contributed by atoms with Gasteiger partial charge in [0.15, 0.2) is 0 Å². The summed E-state index contributed by atoms with van der Waals surface area (Å²) in [5.74, 6) is -2.38. The normalized spacial score (nSPS) is 16.0. The number of carbonyl (C=O) groups is 2. The van der Waals surface area contributed by atoms with Gasteiger partial charge in [0, 0.05) is 47.2 Å². The quantitative estimate of drug-likeness (QED) is 0.0719. The second kappa shape index (κ2) is 28.3. The molecular formula is C52H70F4N2O2Ti. The van der Waals surface area contributed by atoms with Gasteiger partial charge in [-0.25, -0.2) is 41.8 Å². The molecule has 0 spiro atoms. The topological polar surface area (TPSA) is 40.6 Å². The number of nitrogens with zero attached hydrogens (tertiary/aromatic N) is 2. The van der Waals surface area contributed by atoms with Gasteiger partial charge in [-0.2, -0.15) is 36.4 Å². The van der Waals surface area contributed by atoms with Gasteiger partial charge in [-0.05, 0) is 74.6 Å². The second-order valence-corrected chi connectivity index (χ2v) is 17.1. The van der Waals surface area contributed by atoms with Crippen LogP contribution in [0.5, 0.6) is 0 Å². The zero-order valence-electron chi connectivity index (χ0n) is 37.7. The van der Waals surface area contributed by atoms with Gasteiger partial charge in [-0.3, -0.25) is 9.59 Å². The van der Waals surface area contributed by atoms with Crippen LogP contribution in [0, 0.1) is 58.1 Å². The van der Waals surface area contributed by atoms with Gasteiger partial charge >= 0.3 is 21.7 Å². The van der Waals surface area contributed by atoms with Gasteiger partial charge in [0.2, 0.25) is 11.8 Å². The average Bonchev–Trinajstić information content (AvgIpc) is 4.04. The van der Waals surface area contributed by atoms with Crippen molar-refractivity contribution < 1.29 is 48.9 Å². The van der Waals surface area contributed by atoms with Crippen LogP contribution in [0.15, 0.2) is 84.9 Å². The van der Waals surface area contributed by atoms with Crippen molar-refractivity contribution in [2.24, 2.45) is 22.7 Å². The molecule has 332 valence electrons. The maximum Gasteiger partial charge on any atom is 4.00 e. The fourth-order valence-corrected chi connectivity index (χ4v) is 8.39. The van der Waals surface area contributed by atoms with Crippen molar-refractivity contribution in [3.63, 3.8) is 0 Å². The molecule has 0 aliphatic heterocycles. The molecule has 6 rings (SSSR count). The van der Waals surface area contributed by atoms with E-state index in [0.29, 0.717) is 37.8 Å². The van der Waals surface area contributed by atoms with Gasteiger partial charge in [0.25, 0.3) is 0 Å². The van der Waals surface area contributed by atoms with Crippen molar-refractivity contribution in [3.8, 4) is 0 Å². The van der Waals surface area contributed by atoms with Gasteiger partial charge in [0.05, 0.1) is 0 Å². The number of anilines is 2. The zero-order valence-corrected chi connectivity index (χ0v) is 39.2. The van der Waals surface area contributed by atoms with E-state index in [9.17, 15) is 27.2 Å². The zero-order chi connectivity index (χ0) is 44.0. The molecule has 2 unspecified atom stereocenters. The van der Waals surface area contributed by atoms with Crippen LogP contribution in [0.3, 0.4) is 0 Å². The van der Waals surface area contributed by atoms with Gasteiger partial charge in [-0.1, -0.05) is 92.9 Å². The van der Waals surface area contributed by atoms with Crippen LogP contribution in [-0.4, -0.2) is 24.9 Å². The molecular weight excluding hydrogens is 808 g/mol. The SMILES string of the molecule is CCCC(C)(CC)C(=O)N(CC1CCCCC1)c1ccc(F)[c-]c1F.CCCC(C)(CC)C(=O)N(CC1CCCCC1)c1ccc(F)[c-]c1F.[Ti+4].c1cc[cH-]c1.c1cc[cH-]c1. The molecule has 0 aromatic heterocycles. The van der Waals surface area contributed by atoms with Crippen molar-refractivity contribution in [2.75, 3.05) is 22.9 Å². The van der Waals surface area contributed by atoms with Gasteiger partial charge in [0.1, 0.15) is 0 Å². The van der Waals surface area contributed by atoms with Crippen LogP contribution in [0.1, 0.15) is 144 Å². The van der Waals surface area contributed by atoms with Crippen LogP contribution in [0.2, 0.25) is 0 Å². The van der Waals surface area contributed by atoms with E-state index < -0.39 is 34.1 Å². The van der Waals surface area contributed by atoms with E-state index in [1.165, 1.54) is 37.1 Å². The fraction of sp³-hybridized carbons (Fsp3) is 0.538. The standard InChI is InChI=1S/2C21H30F2NO.2C5H5.Ti/c2*1-4-13-21(3,5-2)20(25)24(15-16-9-7-6-8-10-16)19-12-11-17(22)14-18(19)23;2*1-2-4-5-3-1;/h2*11-12,16H,4-10,13,15H2,1-3H3;2*1-5H;/q4*-1;+4.